The molecule has 0 atom stereocenters. The van der Waals surface area contributed by atoms with Crippen LogP contribution in [0.5, 0.6) is 0 Å². The molecule has 0 saturated carbocycles. The Balaban J connectivity index is 1.16. The van der Waals surface area contributed by atoms with Gasteiger partial charge in [0.1, 0.15) is 17.1 Å². The minimum atomic E-state index is 0.804. The Morgan fingerprint density at radius 2 is 1.47 bits per heavy atom. The second kappa shape index (κ2) is 8.68. The van der Waals surface area contributed by atoms with E-state index in [4.69, 9.17) is 9.40 Å². The van der Waals surface area contributed by atoms with E-state index in [0.29, 0.717) is 0 Å². The smallest absolute Gasteiger partial charge is 0.170 e. The number of hydrogen-bond donors (Lipinski definition) is 2. The van der Waals surface area contributed by atoms with Gasteiger partial charge in [-0.05, 0) is 54.3 Å². The van der Waals surface area contributed by atoms with Crippen molar-refractivity contribution in [3.63, 3.8) is 0 Å². The van der Waals surface area contributed by atoms with Gasteiger partial charge in [0.05, 0.1) is 5.69 Å². The summed E-state index contributed by atoms with van der Waals surface area (Å²) in [7, 11) is 0. The van der Waals surface area contributed by atoms with Gasteiger partial charge in [0.25, 0.3) is 0 Å². The zero-order valence-electron chi connectivity index (χ0n) is 19.9. The van der Waals surface area contributed by atoms with Crippen LogP contribution in [0.1, 0.15) is 24.2 Å². The Bertz CT molecular complexity index is 1590. The summed E-state index contributed by atoms with van der Waals surface area (Å²) < 4.78 is 8.10. The van der Waals surface area contributed by atoms with E-state index in [1.54, 1.807) is 0 Å². The van der Waals surface area contributed by atoms with Crippen molar-refractivity contribution in [2.75, 3.05) is 26.2 Å². The van der Waals surface area contributed by atoms with Crippen molar-refractivity contribution in [3.05, 3.63) is 84.4 Å². The summed E-state index contributed by atoms with van der Waals surface area (Å²) in [5.41, 5.74) is 7.22. The molecular weight excluding hydrogens is 448 g/mol. The van der Waals surface area contributed by atoms with E-state index in [-0.39, 0.29) is 0 Å². The number of amidine groups is 2. The molecule has 2 aliphatic rings. The van der Waals surface area contributed by atoms with Crippen molar-refractivity contribution < 1.29 is 4.42 Å². The largest absolute Gasteiger partial charge is 0.453 e. The predicted molar refractivity (Wildman–Crippen MR) is 144 cm³/mol. The van der Waals surface area contributed by atoms with E-state index in [9.17, 15) is 0 Å². The minimum absolute atomic E-state index is 0.804. The maximum absolute atomic E-state index is 6.04. The number of aliphatic imine (C=N–C) groups is 2. The molecule has 7 nitrogen and oxygen atoms in total. The summed E-state index contributed by atoms with van der Waals surface area (Å²) in [4.78, 5) is 14.0. The third-order valence-corrected chi connectivity index (χ3v) is 6.79. The number of fused-ring (bicyclic) bond motifs is 2. The lowest BCUT2D eigenvalue weighted by atomic mass is 10.0. The second-order valence-electron chi connectivity index (χ2n) is 9.27. The quantitative estimate of drug-likeness (QED) is 0.389. The van der Waals surface area contributed by atoms with Crippen LogP contribution < -0.4 is 10.6 Å². The number of furan rings is 1. The lowest BCUT2D eigenvalue weighted by molar-refractivity contribution is 0.592. The fourth-order valence-corrected chi connectivity index (χ4v) is 4.86. The van der Waals surface area contributed by atoms with Crippen molar-refractivity contribution in [3.8, 4) is 22.4 Å². The number of aromatic nitrogens is 2. The van der Waals surface area contributed by atoms with Gasteiger partial charge in [-0.25, -0.2) is 4.98 Å². The molecule has 0 saturated heterocycles. The van der Waals surface area contributed by atoms with Crippen LogP contribution in [0.15, 0.2) is 87.5 Å². The number of nitrogens with one attached hydrogen (secondary N) is 2. The standard InChI is InChI=1S/C29H26N6O/c1-10-30-28(31-11-1)22-9-14-35-18-24(34-27(35)17-22)20-5-3-19(4-6-20)21-7-8-25-23(15-21)16-26(36-25)29-32-12-2-13-33-29/h3-9,14-18H,1-2,10-13H2,(H,30,31)(H,32,33). The highest BCUT2D eigenvalue weighted by atomic mass is 16.3. The molecule has 3 aromatic heterocycles. The Kier molecular flexibility index (Phi) is 5.05. The van der Waals surface area contributed by atoms with Crippen LogP contribution in [-0.4, -0.2) is 47.2 Å². The Hall–Kier alpha value is -4.39. The van der Waals surface area contributed by atoms with Crippen LogP contribution in [0.25, 0.3) is 39.0 Å². The van der Waals surface area contributed by atoms with E-state index >= 15 is 0 Å². The normalized spacial score (nSPS) is 15.9. The molecule has 0 aliphatic carbocycles. The number of imidazole rings is 1. The molecule has 0 bridgehead atoms. The van der Waals surface area contributed by atoms with Gasteiger partial charge in [-0.15, -0.1) is 0 Å². The molecule has 2 aromatic carbocycles. The Morgan fingerprint density at radius 3 is 2.25 bits per heavy atom. The maximum Gasteiger partial charge on any atom is 0.170 e. The monoisotopic (exact) mass is 474 g/mol. The lowest BCUT2D eigenvalue weighted by Gasteiger charge is -2.14. The fourth-order valence-electron chi connectivity index (χ4n) is 4.86. The summed E-state index contributed by atoms with van der Waals surface area (Å²) in [5, 5.41) is 7.80. The summed E-state index contributed by atoms with van der Waals surface area (Å²) in [6, 6.07) is 21.2. The van der Waals surface area contributed by atoms with Gasteiger partial charge in [0, 0.05) is 55.1 Å². The molecule has 36 heavy (non-hydrogen) atoms. The van der Waals surface area contributed by atoms with E-state index in [2.05, 4.69) is 92.0 Å². The van der Waals surface area contributed by atoms with Crippen molar-refractivity contribution in [2.45, 2.75) is 12.8 Å². The van der Waals surface area contributed by atoms with Gasteiger partial charge < -0.3 is 19.5 Å². The van der Waals surface area contributed by atoms with Crippen LogP contribution in [0.4, 0.5) is 0 Å². The van der Waals surface area contributed by atoms with Gasteiger partial charge in [0.2, 0.25) is 0 Å². The molecule has 2 aliphatic heterocycles. The van der Waals surface area contributed by atoms with E-state index < -0.39 is 0 Å². The molecule has 5 heterocycles. The highest BCUT2D eigenvalue weighted by Gasteiger charge is 2.14. The van der Waals surface area contributed by atoms with Gasteiger partial charge in [-0.2, -0.15) is 0 Å². The number of rotatable bonds is 4. The predicted octanol–water partition coefficient (Wildman–Crippen LogP) is 4.89. The molecule has 5 aromatic rings. The molecule has 2 N–H and O–H groups in total. The van der Waals surface area contributed by atoms with Gasteiger partial charge in [0.15, 0.2) is 11.6 Å². The first-order chi connectivity index (χ1) is 17.8. The van der Waals surface area contributed by atoms with Crippen molar-refractivity contribution in [2.24, 2.45) is 9.98 Å². The topological polar surface area (TPSA) is 79.2 Å². The Labute approximate surface area is 208 Å². The summed E-state index contributed by atoms with van der Waals surface area (Å²) >= 11 is 0. The van der Waals surface area contributed by atoms with Crippen molar-refractivity contribution in [1.29, 1.82) is 0 Å². The summed E-state index contributed by atoms with van der Waals surface area (Å²) in [5.74, 6) is 2.62. The highest BCUT2D eigenvalue weighted by Crippen LogP contribution is 2.29. The van der Waals surface area contributed by atoms with Crippen molar-refractivity contribution in [1.82, 2.24) is 20.0 Å². The lowest BCUT2D eigenvalue weighted by Crippen LogP contribution is -2.30. The first-order valence-electron chi connectivity index (χ1n) is 12.5. The number of nitrogens with zero attached hydrogens (tertiary/aromatic N) is 4. The SMILES string of the molecule is c1cn2cc(-c3ccc(-c4ccc5oc(C6=NCCCN6)cc5c4)cc3)nc2cc1C1=NCCCN1. The van der Waals surface area contributed by atoms with Gasteiger partial charge >= 0.3 is 0 Å². The summed E-state index contributed by atoms with van der Waals surface area (Å²) in [6.45, 7) is 3.63. The molecule has 0 radical (unpaired) electrons. The van der Waals surface area contributed by atoms with E-state index in [0.717, 1.165) is 101 Å². The molecular formula is C29H26N6O. The molecule has 7 rings (SSSR count). The zero-order valence-corrected chi connectivity index (χ0v) is 19.9. The average Bonchev–Trinajstić information content (AvgIpc) is 3.58. The third kappa shape index (κ3) is 3.82. The minimum Gasteiger partial charge on any atom is -0.453 e. The Morgan fingerprint density at radius 1 is 0.722 bits per heavy atom. The number of benzene rings is 2. The van der Waals surface area contributed by atoms with E-state index in [1.807, 2.05) is 6.07 Å². The molecule has 0 unspecified atom stereocenters. The summed E-state index contributed by atoms with van der Waals surface area (Å²) in [6.07, 6.45) is 6.27. The van der Waals surface area contributed by atoms with E-state index in [1.165, 1.54) is 0 Å². The molecule has 178 valence electrons. The number of pyridine rings is 1. The van der Waals surface area contributed by atoms with Crippen LogP contribution in [0.3, 0.4) is 0 Å². The maximum atomic E-state index is 6.04. The first kappa shape index (κ1) is 20.9. The number of hydrogen-bond acceptors (Lipinski definition) is 6. The zero-order chi connectivity index (χ0) is 23.9. The highest BCUT2D eigenvalue weighted by molar-refractivity contribution is 6.01. The van der Waals surface area contributed by atoms with Gasteiger partial charge in [-0.1, -0.05) is 30.3 Å². The van der Waals surface area contributed by atoms with Crippen LogP contribution in [0.2, 0.25) is 0 Å². The third-order valence-electron chi connectivity index (χ3n) is 6.79. The molecule has 0 fully saturated rings. The molecule has 0 spiro atoms. The van der Waals surface area contributed by atoms with Crippen LogP contribution in [0, 0.1) is 0 Å². The molecule has 7 heteroatoms. The molecule has 0 amide bonds. The first-order valence-corrected chi connectivity index (χ1v) is 12.5. The van der Waals surface area contributed by atoms with Crippen molar-refractivity contribution >= 4 is 28.3 Å². The average molecular weight is 475 g/mol. The van der Waals surface area contributed by atoms with Crippen LogP contribution in [-0.2, 0) is 0 Å². The van der Waals surface area contributed by atoms with Crippen LogP contribution >= 0.6 is 0 Å². The fraction of sp³-hybridized carbons (Fsp3) is 0.207. The van der Waals surface area contributed by atoms with Gasteiger partial charge in [-0.3, -0.25) is 9.98 Å². The second-order valence-corrected chi connectivity index (χ2v) is 9.27.